The fourth-order valence-corrected chi connectivity index (χ4v) is 3.19. The van der Waals surface area contributed by atoms with Crippen LogP contribution in [-0.2, 0) is 0 Å². The minimum Gasteiger partial charge on any atom is -0.493 e. The Morgan fingerprint density at radius 2 is 1.79 bits per heavy atom. The van der Waals surface area contributed by atoms with Crippen LogP contribution >= 0.6 is 11.3 Å². The number of carbonyl (C=O) groups is 2. The second-order valence-electron chi connectivity index (χ2n) is 5.82. The maximum Gasteiger partial charge on any atom is 0.275 e. The van der Waals surface area contributed by atoms with Crippen LogP contribution in [0.5, 0.6) is 11.5 Å². The van der Waals surface area contributed by atoms with E-state index >= 15 is 0 Å². The van der Waals surface area contributed by atoms with Crippen LogP contribution in [0.3, 0.4) is 0 Å². The number of carbonyl (C=O) groups excluding carboxylic acids is 2. The molecule has 0 radical (unpaired) electrons. The summed E-state index contributed by atoms with van der Waals surface area (Å²) in [6, 6.07) is 12.2. The van der Waals surface area contributed by atoms with Gasteiger partial charge < -0.3 is 20.1 Å². The van der Waals surface area contributed by atoms with E-state index in [-0.39, 0.29) is 17.4 Å². The molecule has 0 spiro atoms. The molecule has 1 heterocycles. The maximum absolute atomic E-state index is 12.4. The quantitative estimate of drug-likeness (QED) is 0.576. The topological polar surface area (TPSA) is 89.5 Å². The maximum atomic E-state index is 12.4. The summed E-state index contributed by atoms with van der Waals surface area (Å²) in [4.78, 5) is 28.2. The Morgan fingerprint density at radius 3 is 2.50 bits per heavy atom. The standard InChI is InChI=1S/C20H19N3O4S/c1-12(24)13-5-4-6-14(9-13)21-19(25)16-11-28-20(23-16)22-15-7-8-17(26-2)18(10-15)27-3/h4-11H,1-3H3,(H,21,25)(H,22,23). The molecule has 0 aliphatic heterocycles. The number of hydrogen-bond donors (Lipinski definition) is 2. The number of anilines is 3. The number of methoxy groups -OCH3 is 2. The van der Waals surface area contributed by atoms with Gasteiger partial charge in [0.25, 0.3) is 5.91 Å². The number of amides is 1. The van der Waals surface area contributed by atoms with Gasteiger partial charge in [0.1, 0.15) is 5.69 Å². The van der Waals surface area contributed by atoms with Crippen molar-refractivity contribution in [1.29, 1.82) is 0 Å². The van der Waals surface area contributed by atoms with Gasteiger partial charge in [-0.05, 0) is 31.2 Å². The third-order valence-corrected chi connectivity index (χ3v) is 4.66. The molecule has 0 atom stereocenters. The summed E-state index contributed by atoms with van der Waals surface area (Å²) in [5.41, 5.74) is 2.11. The molecule has 0 saturated carbocycles. The Bertz CT molecular complexity index is 1020. The summed E-state index contributed by atoms with van der Waals surface area (Å²) in [6.45, 7) is 1.48. The third kappa shape index (κ3) is 4.47. The molecule has 1 amide bonds. The van der Waals surface area contributed by atoms with Crippen molar-refractivity contribution in [2.24, 2.45) is 0 Å². The minimum absolute atomic E-state index is 0.0637. The van der Waals surface area contributed by atoms with Crippen molar-refractivity contribution in [3.63, 3.8) is 0 Å². The molecule has 0 unspecified atom stereocenters. The average molecular weight is 397 g/mol. The van der Waals surface area contributed by atoms with E-state index in [0.29, 0.717) is 27.9 Å². The van der Waals surface area contributed by atoms with Gasteiger partial charge in [-0.1, -0.05) is 12.1 Å². The van der Waals surface area contributed by atoms with Gasteiger partial charge in [0.15, 0.2) is 22.4 Å². The molecule has 0 bridgehead atoms. The number of benzene rings is 2. The molecule has 28 heavy (non-hydrogen) atoms. The predicted molar refractivity (Wildman–Crippen MR) is 109 cm³/mol. The van der Waals surface area contributed by atoms with E-state index in [2.05, 4.69) is 15.6 Å². The molecular formula is C20H19N3O4S. The van der Waals surface area contributed by atoms with E-state index in [0.717, 1.165) is 5.69 Å². The lowest BCUT2D eigenvalue weighted by Gasteiger charge is -2.09. The molecule has 2 aromatic carbocycles. The normalized spacial score (nSPS) is 10.2. The number of Topliss-reactive ketones (excluding diaryl/α,β-unsaturated/α-hetero) is 1. The van der Waals surface area contributed by atoms with E-state index in [1.54, 1.807) is 56.0 Å². The van der Waals surface area contributed by atoms with Crippen LogP contribution in [-0.4, -0.2) is 30.9 Å². The Hall–Kier alpha value is -3.39. The largest absolute Gasteiger partial charge is 0.493 e. The summed E-state index contributed by atoms with van der Waals surface area (Å²) in [7, 11) is 3.14. The van der Waals surface area contributed by atoms with Crippen molar-refractivity contribution in [1.82, 2.24) is 4.98 Å². The van der Waals surface area contributed by atoms with Gasteiger partial charge in [-0.3, -0.25) is 9.59 Å². The number of nitrogens with one attached hydrogen (secondary N) is 2. The Balaban J connectivity index is 1.70. The summed E-state index contributed by atoms with van der Waals surface area (Å²) in [5.74, 6) is 0.802. The summed E-state index contributed by atoms with van der Waals surface area (Å²) >= 11 is 1.31. The van der Waals surface area contributed by atoms with Crippen molar-refractivity contribution < 1.29 is 19.1 Å². The van der Waals surface area contributed by atoms with E-state index in [4.69, 9.17) is 9.47 Å². The number of ether oxygens (including phenoxy) is 2. The molecule has 3 aromatic rings. The van der Waals surface area contributed by atoms with Gasteiger partial charge in [0.05, 0.1) is 14.2 Å². The van der Waals surface area contributed by atoms with Crippen molar-refractivity contribution in [3.8, 4) is 11.5 Å². The molecule has 0 fully saturated rings. The second kappa shape index (κ2) is 8.53. The van der Waals surface area contributed by atoms with Crippen molar-refractivity contribution >= 4 is 39.5 Å². The number of aromatic nitrogens is 1. The summed E-state index contributed by atoms with van der Waals surface area (Å²) in [6.07, 6.45) is 0. The first kappa shape index (κ1) is 19.4. The molecule has 2 N–H and O–H groups in total. The highest BCUT2D eigenvalue weighted by atomic mass is 32.1. The zero-order valence-electron chi connectivity index (χ0n) is 15.6. The highest BCUT2D eigenvalue weighted by Gasteiger charge is 2.13. The Kier molecular flexibility index (Phi) is 5.90. The van der Waals surface area contributed by atoms with Gasteiger partial charge in [-0.15, -0.1) is 11.3 Å². The number of ketones is 1. The highest BCUT2D eigenvalue weighted by Crippen LogP contribution is 2.31. The van der Waals surface area contributed by atoms with Gasteiger partial charge >= 0.3 is 0 Å². The van der Waals surface area contributed by atoms with Crippen LogP contribution in [0.4, 0.5) is 16.5 Å². The number of hydrogen-bond acceptors (Lipinski definition) is 7. The average Bonchev–Trinajstić information content (AvgIpc) is 3.16. The lowest BCUT2D eigenvalue weighted by molar-refractivity contribution is 0.100. The molecular weight excluding hydrogens is 378 g/mol. The van der Waals surface area contributed by atoms with E-state index in [9.17, 15) is 9.59 Å². The zero-order chi connectivity index (χ0) is 20.1. The summed E-state index contributed by atoms with van der Waals surface area (Å²) in [5, 5.41) is 8.12. The highest BCUT2D eigenvalue weighted by molar-refractivity contribution is 7.14. The molecule has 0 aliphatic rings. The first-order valence-electron chi connectivity index (χ1n) is 8.37. The van der Waals surface area contributed by atoms with Crippen molar-refractivity contribution in [2.75, 3.05) is 24.9 Å². The van der Waals surface area contributed by atoms with Crippen LogP contribution < -0.4 is 20.1 Å². The van der Waals surface area contributed by atoms with Crippen LogP contribution in [0.15, 0.2) is 47.8 Å². The third-order valence-electron chi connectivity index (χ3n) is 3.90. The fraction of sp³-hybridized carbons (Fsp3) is 0.150. The minimum atomic E-state index is -0.350. The van der Waals surface area contributed by atoms with Gasteiger partial charge in [0.2, 0.25) is 0 Å². The molecule has 8 heteroatoms. The first-order chi connectivity index (χ1) is 13.5. The SMILES string of the molecule is COc1ccc(Nc2nc(C(=O)Nc3cccc(C(C)=O)c3)cs2)cc1OC. The second-order valence-corrected chi connectivity index (χ2v) is 6.68. The van der Waals surface area contributed by atoms with E-state index in [1.165, 1.54) is 18.3 Å². The lowest BCUT2D eigenvalue weighted by atomic mass is 10.1. The van der Waals surface area contributed by atoms with Gasteiger partial charge in [-0.2, -0.15) is 0 Å². The number of thiazole rings is 1. The van der Waals surface area contributed by atoms with Gasteiger partial charge in [0, 0.05) is 28.4 Å². The molecule has 144 valence electrons. The Labute approximate surface area is 166 Å². The van der Waals surface area contributed by atoms with Crippen LogP contribution in [0.2, 0.25) is 0 Å². The lowest BCUT2D eigenvalue weighted by Crippen LogP contribution is -2.12. The predicted octanol–water partition coefficient (Wildman–Crippen LogP) is 4.36. The zero-order valence-corrected chi connectivity index (χ0v) is 16.4. The van der Waals surface area contributed by atoms with E-state index in [1.807, 2.05) is 6.07 Å². The van der Waals surface area contributed by atoms with Crippen molar-refractivity contribution in [3.05, 3.63) is 59.1 Å². The monoisotopic (exact) mass is 397 g/mol. The molecule has 1 aromatic heterocycles. The smallest absolute Gasteiger partial charge is 0.275 e. The van der Waals surface area contributed by atoms with Crippen molar-refractivity contribution in [2.45, 2.75) is 6.92 Å². The van der Waals surface area contributed by atoms with Crippen LogP contribution in [0.25, 0.3) is 0 Å². The fourth-order valence-electron chi connectivity index (χ4n) is 2.48. The molecule has 7 nitrogen and oxygen atoms in total. The van der Waals surface area contributed by atoms with Crippen LogP contribution in [0.1, 0.15) is 27.8 Å². The number of rotatable bonds is 7. The molecule has 0 aliphatic carbocycles. The number of nitrogens with zero attached hydrogens (tertiary/aromatic N) is 1. The molecule has 3 rings (SSSR count). The Morgan fingerprint density at radius 1 is 1.00 bits per heavy atom. The molecule has 0 saturated heterocycles. The van der Waals surface area contributed by atoms with Gasteiger partial charge in [-0.25, -0.2) is 4.98 Å². The summed E-state index contributed by atoms with van der Waals surface area (Å²) < 4.78 is 10.5. The van der Waals surface area contributed by atoms with Crippen LogP contribution in [0, 0.1) is 0 Å². The van der Waals surface area contributed by atoms with E-state index < -0.39 is 0 Å². The first-order valence-corrected chi connectivity index (χ1v) is 9.25.